The molecule has 2 aromatic rings. The molecule has 2 aromatic heterocycles. The van der Waals surface area contributed by atoms with Gasteiger partial charge in [-0.3, -0.25) is 0 Å². The van der Waals surface area contributed by atoms with Gasteiger partial charge in [-0.2, -0.15) is 0 Å². The average molecular weight is 325 g/mol. The van der Waals surface area contributed by atoms with E-state index in [1.54, 1.807) is 0 Å². The summed E-state index contributed by atoms with van der Waals surface area (Å²) in [6.07, 6.45) is 13.4. The van der Waals surface area contributed by atoms with Crippen molar-refractivity contribution in [2.75, 3.05) is 19.6 Å². The third-order valence-electron chi connectivity index (χ3n) is 6.61. The first-order valence-corrected chi connectivity index (χ1v) is 9.72. The second-order valence-corrected chi connectivity index (χ2v) is 8.08. The van der Waals surface area contributed by atoms with Gasteiger partial charge in [0.25, 0.3) is 0 Å². The molecule has 3 heterocycles. The highest BCUT2D eigenvalue weighted by molar-refractivity contribution is 5.70. The Morgan fingerprint density at radius 2 is 2.08 bits per heavy atom. The molecule has 4 nitrogen and oxygen atoms in total. The van der Waals surface area contributed by atoms with E-state index in [9.17, 15) is 0 Å². The number of likely N-dealkylation sites (tertiary alicyclic amines) is 1. The molecule has 0 bridgehead atoms. The summed E-state index contributed by atoms with van der Waals surface area (Å²) >= 11 is 0. The topological polar surface area (TPSA) is 45.1 Å². The molecule has 128 valence electrons. The van der Waals surface area contributed by atoms with Crippen molar-refractivity contribution in [3.05, 3.63) is 29.9 Å². The lowest BCUT2D eigenvalue weighted by Gasteiger charge is -2.30. The van der Waals surface area contributed by atoms with Crippen molar-refractivity contribution in [2.24, 2.45) is 11.8 Å². The van der Waals surface area contributed by atoms with Crippen LogP contribution in [0.5, 0.6) is 0 Å². The number of fused-ring (bicyclic) bond motifs is 3. The number of H-pyrrole nitrogens is 1. The molecule has 2 aliphatic carbocycles. The van der Waals surface area contributed by atoms with Gasteiger partial charge in [-0.15, -0.1) is 0 Å². The van der Waals surface area contributed by atoms with Crippen molar-refractivity contribution in [1.29, 1.82) is 0 Å². The van der Waals surface area contributed by atoms with Crippen LogP contribution in [0.3, 0.4) is 0 Å². The van der Waals surface area contributed by atoms with E-state index in [4.69, 9.17) is 4.52 Å². The highest BCUT2D eigenvalue weighted by atomic mass is 16.5. The second-order valence-electron chi connectivity index (χ2n) is 8.08. The van der Waals surface area contributed by atoms with E-state index in [0.717, 1.165) is 24.0 Å². The maximum atomic E-state index is 5.55. The fourth-order valence-electron chi connectivity index (χ4n) is 5.41. The maximum absolute atomic E-state index is 5.55. The number of hydrogen-bond acceptors (Lipinski definition) is 3. The predicted octanol–water partition coefficient (Wildman–Crippen LogP) is 4.21. The smallest absolute Gasteiger partial charge is 0.145 e. The molecule has 2 fully saturated rings. The van der Waals surface area contributed by atoms with Crippen LogP contribution in [-0.2, 0) is 6.42 Å². The summed E-state index contributed by atoms with van der Waals surface area (Å²) in [6.45, 7) is 3.98. The van der Waals surface area contributed by atoms with Gasteiger partial charge in [0, 0.05) is 41.9 Å². The highest BCUT2D eigenvalue weighted by Gasteiger charge is 2.38. The fraction of sp³-hybridized carbons (Fsp3) is 0.650. The standard InChI is InChI=1S/C20H27N3O/c1-2-8-23(9-3-1)13-14-4-5-15(10-14)17-11-19-18(12-22-24-19)16-6-7-21-20(16)17/h6-7,12,14-15,17,21H,1-5,8-11,13H2/t14-,15?,17?/m0/s1. The van der Waals surface area contributed by atoms with Gasteiger partial charge in [-0.05, 0) is 63.1 Å². The molecule has 1 saturated carbocycles. The Hall–Kier alpha value is -1.55. The van der Waals surface area contributed by atoms with Crippen molar-refractivity contribution in [2.45, 2.75) is 50.9 Å². The van der Waals surface area contributed by atoms with Crippen LogP contribution in [0.25, 0.3) is 11.1 Å². The van der Waals surface area contributed by atoms with E-state index in [2.05, 4.69) is 27.3 Å². The molecule has 2 unspecified atom stereocenters. The van der Waals surface area contributed by atoms with E-state index in [1.165, 1.54) is 75.0 Å². The van der Waals surface area contributed by atoms with Gasteiger partial charge in [-0.25, -0.2) is 0 Å². The third-order valence-corrected chi connectivity index (χ3v) is 6.61. The molecule has 5 rings (SSSR count). The van der Waals surface area contributed by atoms with E-state index < -0.39 is 0 Å². The Balaban J connectivity index is 1.30. The van der Waals surface area contributed by atoms with Crippen LogP contribution >= 0.6 is 0 Å². The van der Waals surface area contributed by atoms with E-state index in [1.807, 2.05) is 6.20 Å². The number of rotatable bonds is 3. The van der Waals surface area contributed by atoms with Crippen molar-refractivity contribution < 1.29 is 4.52 Å². The first kappa shape index (κ1) is 14.8. The van der Waals surface area contributed by atoms with E-state index in [-0.39, 0.29) is 0 Å². The molecule has 24 heavy (non-hydrogen) atoms. The Morgan fingerprint density at radius 1 is 1.17 bits per heavy atom. The minimum Gasteiger partial charge on any atom is -0.364 e. The van der Waals surface area contributed by atoms with Crippen LogP contribution in [0.1, 0.15) is 55.9 Å². The SMILES string of the molecule is c1cc2c([nH]1)C(C1CC[C@H](CN3CCCCC3)C1)Cc1oncc1-2. The highest BCUT2D eigenvalue weighted by Crippen LogP contribution is 2.48. The zero-order chi connectivity index (χ0) is 15.9. The number of aromatic amines is 1. The molecular weight excluding hydrogens is 298 g/mol. The van der Waals surface area contributed by atoms with Crippen molar-refractivity contribution in [3.63, 3.8) is 0 Å². The summed E-state index contributed by atoms with van der Waals surface area (Å²) in [7, 11) is 0. The van der Waals surface area contributed by atoms with Crippen LogP contribution in [0.4, 0.5) is 0 Å². The molecule has 4 heteroatoms. The Bertz CT molecular complexity index is 697. The summed E-state index contributed by atoms with van der Waals surface area (Å²) < 4.78 is 5.55. The van der Waals surface area contributed by atoms with Crippen LogP contribution in [0, 0.1) is 11.8 Å². The van der Waals surface area contributed by atoms with Crippen LogP contribution in [-0.4, -0.2) is 34.7 Å². The van der Waals surface area contributed by atoms with Crippen molar-refractivity contribution in [1.82, 2.24) is 15.0 Å². The summed E-state index contributed by atoms with van der Waals surface area (Å²) in [5, 5.41) is 4.04. The van der Waals surface area contributed by atoms with Gasteiger partial charge < -0.3 is 14.4 Å². The zero-order valence-electron chi connectivity index (χ0n) is 14.3. The maximum Gasteiger partial charge on any atom is 0.145 e. The van der Waals surface area contributed by atoms with Gasteiger partial charge in [-0.1, -0.05) is 11.6 Å². The summed E-state index contributed by atoms with van der Waals surface area (Å²) in [6, 6.07) is 2.19. The molecule has 3 atom stereocenters. The summed E-state index contributed by atoms with van der Waals surface area (Å²) in [5.41, 5.74) is 3.95. The molecule has 1 aliphatic heterocycles. The minimum absolute atomic E-state index is 0.585. The Morgan fingerprint density at radius 3 is 3.00 bits per heavy atom. The molecule has 0 aromatic carbocycles. The van der Waals surface area contributed by atoms with E-state index in [0.29, 0.717) is 5.92 Å². The fourth-order valence-corrected chi connectivity index (χ4v) is 5.41. The second kappa shape index (κ2) is 6.07. The Labute approximate surface area is 143 Å². The predicted molar refractivity (Wildman–Crippen MR) is 93.9 cm³/mol. The van der Waals surface area contributed by atoms with Crippen molar-refractivity contribution >= 4 is 0 Å². The van der Waals surface area contributed by atoms with Crippen LogP contribution in [0.2, 0.25) is 0 Å². The van der Waals surface area contributed by atoms with Crippen LogP contribution < -0.4 is 0 Å². The molecule has 1 saturated heterocycles. The van der Waals surface area contributed by atoms with Crippen molar-refractivity contribution in [3.8, 4) is 11.1 Å². The number of aromatic nitrogens is 2. The van der Waals surface area contributed by atoms with Gasteiger partial charge >= 0.3 is 0 Å². The molecule has 0 spiro atoms. The van der Waals surface area contributed by atoms with Gasteiger partial charge in [0.15, 0.2) is 0 Å². The van der Waals surface area contributed by atoms with E-state index >= 15 is 0 Å². The average Bonchev–Trinajstić information content (AvgIpc) is 3.34. The molecule has 0 radical (unpaired) electrons. The number of piperidine rings is 1. The summed E-state index contributed by atoms with van der Waals surface area (Å²) in [4.78, 5) is 6.25. The lowest BCUT2D eigenvalue weighted by molar-refractivity contribution is 0.193. The first-order chi connectivity index (χ1) is 11.9. The van der Waals surface area contributed by atoms with Gasteiger partial charge in [0.2, 0.25) is 0 Å². The lowest BCUT2D eigenvalue weighted by atomic mass is 9.78. The minimum atomic E-state index is 0.585. The first-order valence-electron chi connectivity index (χ1n) is 9.72. The number of hydrogen-bond donors (Lipinski definition) is 1. The molecule has 0 amide bonds. The van der Waals surface area contributed by atoms with Gasteiger partial charge in [0.05, 0.1) is 6.20 Å². The van der Waals surface area contributed by atoms with Gasteiger partial charge in [0.1, 0.15) is 5.76 Å². The quantitative estimate of drug-likeness (QED) is 0.919. The number of nitrogens with zero attached hydrogens (tertiary/aromatic N) is 2. The Kier molecular flexibility index (Phi) is 3.73. The molecule has 1 N–H and O–H groups in total. The van der Waals surface area contributed by atoms with Crippen LogP contribution in [0.15, 0.2) is 23.0 Å². The summed E-state index contributed by atoms with van der Waals surface area (Å²) in [5.74, 6) is 3.35. The molecule has 3 aliphatic rings. The monoisotopic (exact) mass is 325 g/mol. The largest absolute Gasteiger partial charge is 0.364 e. The third kappa shape index (κ3) is 2.52. The number of nitrogens with one attached hydrogen (secondary N) is 1. The normalized spacial score (nSPS) is 30.2. The molecular formula is C20H27N3O. The zero-order valence-corrected chi connectivity index (χ0v) is 14.3. The lowest BCUT2D eigenvalue weighted by Crippen LogP contribution is -2.33.